The van der Waals surface area contributed by atoms with Crippen molar-refractivity contribution in [1.29, 1.82) is 0 Å². The van der Waals surface area contributed by atoms with Crippen molar-refractivity contribution in [3.05, 3.63) is 11.2 Å². The Bertz CT molecular complexity index is 429. The minimum absolute atomic E-state index is 0.0931. The van der Waals surface area contributed by atoms with Gasteiger partial charge in [0.15, 0.2) is 0 Å². The second-order valence-electron chi connectivity index (χ2n) is 4.25. The van der Waals surface area contributed by atoms with Gasteiger partial charge in [0.1, 0.15) is 11.8 Å². The van der Waals surface area contributed by atoms with Gasteiger partial charge in [-0.15, -0.1) is 5.10 Å². The largest absolute Gasteiger partial charge is 0.470 e. The average molecular weight is 256 g/mol. The van der Waals surface area contributed by atoms with Crippen molar-refractivity contribution in [2.75, 3.05) is 24.7 Å². The van der Waals surface area contributed by atoms with Gasteiger partial charge in [0.2, 0.25) is 0 Å². The van der Waals surface area contributed by atoms with Crippen LogP contribution in [-0.4, -0.2) is 42.1 Å². The van der Waals surface area contributed by atoms with Crippen LogP contribution in [0.1, 0.15) is 13.3 Å². The fourth-order valence-electron chi connectivity index (χ4n) is 2.47. The molecule has 5 nitrogen and oxygen atoms in total. The number of rotatable bonds is 1. The lowest BCUT2D eigenvalue weighted by atomic mass is 10.0. The minimum atomic E-state index is 0.0931. The Morgan fingerprint density at radius 1 is 1.59 bits per heavy atom. The zero-order chi connectivity index (χ0) is 11.8. The van der Waals surface area contributed by atoms with Crippen LogP contribution < -0.4 is 9.64 Å². The SMILES string of the molecule is CCC1Oc2nncc(Cl)c2N2CCOCC12. The standard InChI is InChI=1S/C11H14ClN3O2/c1-2-9-8-6-16-4-3-15(8)10-7(12)5-13-14-11(10)17-9/h5,8-9H,2-4,6H2,1H3. The van der Waals surface area contributed by atoms with Crippen LogP contribution in [0, 0.1) is 0 Å². The Balaban J connectivity index is 2.05. The Morgan fingerprint density at radius 3 is 3.29 bits per heavy atom. The third-order valence-electron chi connectivity index (χ3n) is 3.30. The maximum absolute atomic E-state index is 6.19. The van der Waals surface area contributed by atoms with E-state index in [9.17, 15) is 0 Å². The van der Waals surface area contributed by atoms with Crippen molar-refractivity contribution in [3.8, 4) is 5.88 Å². The van der Waals surface area contributed by atoms with Gasteiger partial charge in [0, 0.05) is 6.54 Å². The summed E-state index contributed by atoms with van der Waals surface area (Å²) in [6.45, 7) is 4.31. The molecule has 0 aromatic carbocycles. The maximum Gasteiger partial charge on any atom is 0.259 e. The normalized spacial score (nSPS) is 27.1. The van der Waals surface area contributed by atoms with E-state index in [0.717, 1.165) is 18.7 Å². The van der Waals surface area contributed by atoms with Crippen molar-refractivity contribution in [1.82, 2.24) is 10.2 Å². The first-order chi connectivity index (χ1) is 8.31. The second-order valence-corrected chi connectivity index (χ2v) is 4.65. The summed E-state index contributed by atoms with van der Waals surface area (Å²) >= 11 is 6.19. The number of hydrogen-bond acceptors (Lipinski definition) is 5. The van der Waals surface area contributed by atoms with Crippen molar-refractivity contribution in [2.24, 2.45) is 0 Å². The fourth-order valence-corrected chi connectivity index (χ4v) is 2.70. The molecule has 3 heterocycles. The average Bonchev–Trinajstić information content (AvgIpc) is 2.37. The minimum Gasteiger partial charge on any atom is -0.470 e. The molecule has 3 rings (SSSR count). The van der Waals surface area contributed by atoms with Crippen LogP contribution in [0.25, 0.3) is 0 Å². The van der Waals surface area contributed by atoms with Gasteiger partial charge in [-0.2, -0.15) is 5.10 Å². The van der Waals surface area contributed by atoms with E-state index in [-0.39, 0.29) is 12.1 Å². The molecule has 2 aliphatic heterocycles. The van der Waals surface area contributed by atoms with E-state index >= 15 is 0 Å². The number of aromatic nitrogens is 2. The van der Waals surface area contributed by atoms with Crippen LogP contribution in [0.4, 0.5) is 5.69 Å². The first-order valence-corrected chi connectivity index (χ1v) is 6.21. The molecule has 1 fully saturated rings. The van der Waals surface area contributed by atoms with Gasteiger partial charge >= 0.3 is 0 Å². The van der Waals surface area contributed by atoms with Crippen LogP contribution in [0.3, 0.4) is 0 Å². The highest BCUT2D eigenvalue weighted by molar-refractivity contribution is 6.33. The maximum atomic E-state index is 6.19. The number of morpholine rings is 1. The molecule has 0 N–H and O–H groups in total. The number of fused-ring (bicyclic) bond motifs is 3. The summed E-state index contributed by atoms with van der Waals surface area (Å²) in [4.78, 5) is 2.24. The van der Waals surface area contributed by atoms with E-state index in [1.54, 1.807) is 6.20 Å². The molecule has 0 spiro atoms. The summed E-state index contributed by atoms with van der Waals surface area (Å²) in [5, 5.41) is 8.46. The molecular weight excluding hydrogens is 242 g/mol. The summed E-state index contributed by atoms with van der Waals surface area (Å²) in [5.74, 6) is 0.544. The molecule has 0 aliphatic carbocycles. The fraction of sp³-hybridized carbons (Fsp3) is 0.636. The summed E-state index contributed by atoms with van der Waals surface area (Å²) in [6.07, 6.45) is 2.57. The van der Waals surface area contributed by atoms with Crippen LogP contribution in [0.2, 0.25) is 5.02 Å². The summed E-state index contributed by atoms with van der Waals surface area (Å²) < 4.78 is 11.4. The quantitative estimate of drug-likeness (QED) is 0.761. The van der Waals surface area contributed by atoms with Gasteiger partial charge in [-0.25, -0.2) is 0 Å². The highest BCUT2D eigenvalue weighted by Gasteiger charge is 2.39. The molecule has 0 saturated carbocycles. The summed E-state index contributed by atoms with van der Waals surface area (Å²) in [7, 11) is 0. The lowest BCUT2D eigenvalue weighted by Crippen LogP contribution is -2.56. The summed E-state index contributed by atoms with van der Waals surface area (Å²) in [5.41, 5.74) is 0.861. The van der Waals surface area contributed by atoms with Gasteiger partial charge in [-0.3, -0.25) is 0 Å². The molecule has 1 aromatic rings. The molecule has 1 saturated heterocycles. The Morgan fingerprint density at radius 2 is 2.47 bits per heavy atom. The molecule has 2 atom stereocenters. The number of ether oxygens (including phenoxy) is 2. The third kappa shape index (κ3) is 1.73. The van der Waals surface area contributed by atoms with Crippen molar-refractivity contribution >= 4 is 17.3 Å². The molecule has 0 bridgehead atoms. The highest BCUT2D eigenvalue weighted by atomic mass is 35.5. The lowest BCUT2D eigenvalue weighted by molar-refractivity contribution is 0.0327. The molecular formula is C11H14ClN3O2. The van der Waals surface area contributed by atoms with E-state index in [0.29, 0.717) is 24.1 Å². The molecule has 17 heavy (non-hydrogen) atoms. The molecule has 1 aromatic heterocycles. The Kier molecular flexibility index (Phi) is 2.80. The van der Waals surface area contributed by atoms with E-state index in [4.69, 9.17) is 21.1 Å². The number of nitrogens with zero attached hydrogens (tertiary/aromatic N) is 3. The third-order valence-corrected chi connectivity index (χ3v) is 3.57. The van der Waals surface area contributed by atoms with Crippen molar-refractivity contribution in [2.45, 2.75) is 25.5 Å². The van der Waals surface area contributed by atoms with Gasteiger partial charge in [-0.1, -0.05) is 18.5 Å². The molecule has 92 valence electrons. The van der Waals surface area contributed by atoms with Gasteiger partial charge in [-0.05, 0) is 6.42 Å². The highest BCUT2D eigenvalue weighted by Crippen LogP contribution is 2.40. The van der Waals surface area contributed by atoms with E-state index < -0.39 is 0 Å². The first-order valence-electron chi connectivity index (χ1n) is 5.83. The smallest absolute Gasteiger partial charge is 0.259 e. The second kappa shape index (κ2) is 4.31. The Hall–Kier alpha value is -1.07. The topological polar surface area (TPSA) is 47.5 Å². The van der Waals surface area contributed by atoms with E-state index in [2.05, 4.69) is 22.0 Å². The van der Waals surface area contributed by atoms with Crippen LogP contribution in [0.15, 0.2) is 6.20 Å². The first kappa shape index (κ1) is 11.0. The molecule has 2 aliphatic rings. The predicted octanol–water partition coefficient (Wildman–Crippen LogP) is 1.51. The van der Waals surface area contributed by atoms with Crippen molar-refractivity contribution < 1.29 is 9.47 Å². The predicted molar refractivity (Wildman–Crippen MR) is 63.7 cm³/mol. The molecule has 6 heteroatoms. The zero-order valence-electron chi connectivity index (χ0n) is 9.60. The summed E-state index contributed by atoms with van der Waals surface area (Å²) in [6, 6.07) is 0.225. The molecule has 0 amide bonds. The van der Waals surface area contributed by atoms with Crippen molar-refractivity contribution in [3.63, 3.8) is 0 Å². The van der Waals surface area contributed by atoms with E-state index in [1.165, 1.54) is 0 Å². The number of halogens is 1. The van der Waals surface area contributed by atoms with Crippen LogP contribution in [-0.2, 0) is 4.74 Å². The van der Waals surface area contributed by atoms with E-state index in [1.807, 2.05) is 0 Å². The number of hydrogen-bond donors (Lipinski definition) is 0. The van der Waals surface area contributed by atoms with Gasteiger partial charge < -0.3 is 14.4 Å². The monoisotopic (exact) mass is 255 g/mol. The van der Waals surface area contributed by atoms with Crippen LogP contribution >= 0.6 is 11.6 Å². The van der Waals surface area contributed by atoms with Crippen LogP contribution in [0.5, 0.6) is 5.88 Å². The van der Waals surface area contributed by atoms with Gasteiger partial charge in [0.05, 0.1) is 30.5 Å². The lowest BCUT2D eigenvalue weighted by Gasteiger charge is -2.45. The van der Waals surface area contributed by atoms with Gasteiger partial charge in [0.25, 0.3) is 5.88 Å². The zero-order valence-corrected chi connectivity index (χ0v) is 10.4. The molecule has 2 unspecified atom stereocenters. The Labute approximate surface area is 105 Å². The molecule has 0 radical (unpaired) electrons. The number of anilines is 1.